The molecule has 0 aliphatic heterocycles. The third-order valence-electron chi connectivity index (χ3n) is 3.96. The van der Waals surface area contributed by atoms with Gasteiger partial charge in [0.15, 0.2) is 0 Å². The quantitative estimate of drug-likeness (QED) is 0.793. The Balaban J connectivity index is 1.58. The van der Waals surface area contributed by atoms with Crippen molar-refractivity contribution in [2.75, 3.05) is 0 Å². The van der Waals surface area contributed by atoms with E-state index in [4.69, 9.17) is 4.42 Å². The Hall–Kier alpha value is -2.33. The molecule has 4 heteroatoms. The van der Waals surface area contributed by atoms with Gasteiger partial charge in [0.25, 0.3) is 5.91 Å². The van der Waals surface area contributed by atoms with Crippen LogP contribution in [-0.2, 0) is 19.4 Å². The summed E-state index contributed by atoms with van der Waals surface area (Å²) in [6, 6.07) is 14.2. The highest BCUT2D eigenvalue weighted by Gasteiger charge is 2.21. The van der Waals surface area contributed by atoms with Crippen molar-refractivity contribution in [2.24, 2.45) is 0 Å². The van der Waals surface area contributed by atoms with Crippen LogP contribution >= 0.6 is 11.3 Å². The van der Waals surface area contributed by atoms with E-state index < -0.39 is 0 Å². The molecule has 110 valence electrons. The minimum absolute atomic E-state index is 0.0340. The van der Waals surface area contributed by atoms with Crippen molar-refractivity contribution in [3.8, 4) is 10.4 Å². The van der Waals surface area contributed by atoms with Crippen molar-refractivity contribution in [1.29, 1.82) is 0 Å². The Morgan fingerprint density at radius 2 is 2.00 bits per heavy atom. The molecule has 2 aromatic heterocycles. The van der Waals surface area contributed by atoms with E-state index in [1.807, 2.05) is 18.2 Å². The van der Waals surface area contributed by atoms with Gasteiger partial charge in [0.1, 0.15) is 5.76 Å². The molecule has 1 amide bonds. The molecule has 0 atom stereocenters. The van der Waals surface area contributed by atoms with Crippen LogP contribution in [0.2, 0.25) is 0 Å². The number of hydrogen-bond donors (Lipinski definition) is 1. The fourth-order valence-corrected chi connectivity index (χ4v) is 4.04. The van der Waals surface area contributed by atoms with Gasteiger partial charge in [0.2, 0.25) is 0 Å². The topological polar surface area (TPSA) is 42.2 Å². The Morgan fingerprint density at radius 1 is 1.14 bits per heavy atom. The van der Waals surface area contributed by atoms with Gasteiger partial charge in [-0.25, -0.2) is 0 Å². The normalized spacial score (nSPS) is 12.5. The highest BCUT2D eigenvalue weighted by molar-refractivity contribution is 7.17. The lowest BCUT2D eigenvalue weighted by molar-refractivity contribution is 0.0952. The predicted molar refractivity (Wildman–Crippen MR) is 87.0 cm³/mol. The van der Waals surface area contributed by atoms with E-state index >= 15 is 0 Å². The molecule has 0 unspecified atom stereocenters. The van der Waals surface area contributed by atoms with Crippen molar-refractivity contribution in [2.45, 2.75) is 19.4 Å². The lowest BCUT2D eigenvalue weighted by Crippen LogP contribution is -2.21. The van der Waals surface area contributed by atoms with Crippen LogP contribution in [0.5, 0.6) is 0 Å². The fourth-order valence-electron chi connectivity index (χ4n) is 2.85. The molecule has 1 N–H and O–H groups in total. The first kappa shape index (κ1) is 13.3. The SMILES string of the molecule is O=C(NCc1ccco1)c1cc2c(s1)-c1ccccc1CC2. The van der Waals surface area contributed by atoms with Gasteiger partial charge in [-0.1, -0.05) is 24.3 Å². The van der Waals surface area contributed by atoms with Crippen LogP contribution in [0.4, 0.5) is 0 Å². The van der Waals surface area contributed by atoms with Crippen molar-refractivity contribution < 1.29 is 9.21 Å². The largest absolute Gasteiger partial charge is 0.467 e. The summed E-state index contributed by atoms with van der Waals surface area (Å²) in [4.78, 5) is 14.3. The van der Waals surface area contributed by atoms with Crippen molar-refractivity contribution >= 4 is 17.2 Å². The molecule has 1 aliphatic rings. The number of furan rings is 1. The third kappa shape index (κ3) is 2.35. The Morgan fingerprint density at radius 3 is 2.86 bits per heavy atom. The van der Waals surface area contributed by atoms with Crippen molar-refractivity contribution in [3.63, 3.8) is 0 Å². The smallest absolute Gasteiger partial charge is 0.261 e. The average Bonchev–Trinajstić information content (AvgIpc) is 3.21. The van der Waals surface area contributed by atoms with Crippen LogP contribution in [-0.4, -0.2) is 5.91 Å². The molecule has 0 radical (unpaired) electrons. The molecule has 22 heavy (non-hydrogen) atoms. The summed E-state index contributed by atoms with van der Waals surface area (Å²) in [7, 11) is 0. The Labute approximate surface area is 132 Å². The van der Waals surface area contributed by atoms with Gasteiger partial charge in [-0.05, 0) is 47.7 Å². The van der Waals surface area contributed by atoms with Crippen LogP contribution in [0.1, 0.15) is 26.6 Å². The fraction of sp³-hybridized carbons (Fsp3) is 0.167. The maximum absolute atomic E-state index is 12.3. The molecule has 3 aromatic rings. The highest BCUT2D eigenvalue weighted by atomic mass is 32.1. The number of carbonyl (C=O) groups excluding carboxylic acids is 1. The van der Waals surface area contributed by atoms with Crippen LogP contribution < -0.4 is 5.32 Å². The predicted octanol–water partition coefficient (Wildman–Crippen LogP) is 4.04. The number of nitrogens with one attached hydrogen (secondary N) is 1. The molecule has 0 bridgehead atoms. The standard InChI is InChI=1S/C18H15NO2S/c20-18(19-11-14-5-3-9-21-14)16-10-13-8-7-12-4-1-2-6-15(12)17(13)22-16/h1-6,9-10H,7-8,11H2,(H,19,20). The first-order valence-corrected chi connectivity index (χ1v) is 8.14. The van der Waals surface area contributed by atoms with Crippen molar-refractivity contribution in [3.05, 3.63) is 70.5 Å². The second-order valence-corrected chi connectivity index (χ2v) is 6.44. The van der Waals surface area contributed by atoms with E-state index in [9.17, 15) is 4.79 Å². The van der Waals surface area contributed by atoms with Gasteiger partial charge >= 0.3 is 0 Å². The molecule has 1 aromatic carbocycles. The molecule has 4 rings (SSSR count). The van der Waals surface area contributed by atoms with E-state index in [1.165, 1.54) is 21.6 Å². The molecule has 1 aliphatic carbocycles. The van der Waals surface area contributed by atoms with Gasteiger partial charge < -0.3 is 9.73 Å². The van der Waals surface area contributed by atoms with Gasteiger partial charge in [0.05, 0.1) is 17.7 Å². The van der Waals surface area contributed by atoms with Gasteiger partial charge in [-0.2, -0.15) is 0 Å². The zero-order valence-corrected chi connectivity index (χ0v) is 12.8. The minimum Gasteiger partial charge on any atom is -0.467 e. The lowest BCUT2D eigenvalue weighted by Gasteiger charge is -2.15. The van der Waals surface area contributed by atoms with E-state index in [2.05, 4.69) is 29.6 Å². The van der Waals surface area contributed by atoms with E-state index in [0.717, 1.165) is 23.5 Å². The molecule has 0 saturated carbocycles. The summed E-state index contributed by atoms with van der Waals surface area (Å²) in [6.45, 7) is 0.422. The molecular formula is C18H15NO2S. The molecular weight excluding hydrogens is 294 g/mol. The van der Waals surface area contributed by atoms with Crippen molar-refractivity contribution in [1.82, 2.24) is 5.32 Å². The second-order valence-electron chi connectivity index (χ2n) is 5.38. The number of benzene rings is 1. The van der Waals surface area contributed by atoms with E-state index in [0.29, 0.717) is 6.54 Å². The number of fused-ring (bicyclic) bond motifs is 3. The zero-order valence-electron chi connectivity index (χ0n) is 12.0. The van der Waals surface area contributed by atoms with Crippen LogP contribution in [0.3, 0.4) is 0 Å². The summed E-state index contributed by atoms with van der Waals surface area (Å²) < 4.78 is 5.24. The number of amides is 1. The van der Waals surface area contributed by atoms with Gasteiger partial charge in [0, 0.05) is 4.88 Å². The van der Waals surface area contributed by atoms with E-state index in [1.54, 1.807) is 17.6 Å². The average molecular weight is 309 g/mol. The molecule has 0 fully saturated rings. The van der Waals surface area contributed by atoms with E-state index in [-0.39, 0.29) is 5.91 Å². The van der Waals surface area contributed by atoms with Crippen LogP contribution in [0.25, 0.3) is 10.4 Å². The number of carbonyl (C=O) groups is 1. The van der Waals surface area contributed by atoms with Gasteiger partial charge in [-0.15, -0.1) is 11.3 Å². The Kier molecular flexibility index (Phi) is 3.31. The first-order valence-electron chi connectivity index (χ1n) is 7.33. The summed E-state index contributed by atoms with van der Waals surface area (Å²) in [5.74, 6) is 0.730. The van der Waals surface area contributed by atoms with Crippen LogP contribution in [0.15, 0.2) is 53.1 Å². The maximum Gasteiger partial charge on any atom is 0.261 e. The summed E-state index contributed by atoms with van der Waals surface area (Å²) >= 11 is 1.58. The minimum atomic E-state index is -0.0340. The Bertz CT molecular complexity index is 817. The number of aryl methyl sites for hydroxylation is 2. The monoisotopic (exact) mass is 309 g/mol. The van der Waals surface area contributed by atoms with Gasteiger partial charge in [-0.3, -0.25) is 4.79 Å². The summed E-state index contributed by atoms with van der Waals surface area (Å²) in [5, 5.41) is 2.91. The van der Waals surface area contributed by atoms with Crippen LogP contribution in [0, 0.1) is 0 Å². The summed E-state index contributed by atoms with van der Waals surface area (Å²) in [5.41, 5.74) is 3.94. The summed E-state index contributed by atoms with van der Waals surface area (Å²) in [6.07, 6.45) is 3.67. The number of thiophene rings is 1. The molecule has 2 heterocycles. The second kappa shape index (κ2) is 5.46. The molecule has 3 nitrogen and oxygen atoms in total. The highest BCUT2D eigenvalue weighted by Crippen LogP contribution is 2.39. The zero-order chi connectivity index (χ0) is 14.9. The molecule has 0 saturated heterocycles. The third-order valence-corrected chi connectivity index (χ3v) is 5.17. The maximum atomic E-state index is 12.3. The number of hydrogen-bond acceptors (Lipinski definition) is 3. The first-order chi connectivity index (χ1) is 10.8. The number of rotatable bonds is 3. The molecule has 0 spiro atoms. The lowest BCUT2D eigenvalue weighted by atomic mass is 9.91.